The summed E-state index contributed by atoms with van der Waals surface area (Å²) < 4.78 is 24.0. The molecule has 0 bridgehead atoms. The standard InChI is InChI=1S/C19H24ClFN2O5/c1-19(2,3)28-18(26)23-10-13(21)9-14(23)16(24)22-15(17(25)27-4)11-6-5-7-12(20)8-11/h5-8,13-15H,9-10H2,1-4H3,(H,22,24). The molecule has 2 rings (SSSR count). The lowest BCUT2D eigenvalue weighted by Crippen LogP contribution is -2.49. The number of esters is 1. The molecule has 1 N–H and O–H groups in total. The van der Waals surface area contributed by atoms with Crippen molar-refractivity contribution in [2.75, 3.05) is 13.7 Å². The molecule has 1 heterocycles. The second-order valence-corrected chi connectivity index (χ2v) is 7.94. The van der Waals surface area contributed by atoms with E-state index in [1.165, 1.54) is 13.2 Å². The maximum atomic E-state index is 14.0. The smallest absolute Gasteiger partial charge is 0.411 e. The average molecular weight is 415 g/mol. The van der Waals surface area contributed by atoms with Crippen molar-refractivity contribution in [3.63, 3.8) is 0 Å². The molecule has 0 radical (unpaired) electrons. The molecule has 0 aliphatic carbocycles. The molecule has 1 aromatic carbocycles. The zero-order valence-corrected chi connectivity index (χ0v) is 17.0. The Labute approximate surface area is 168 Å². The minimum Gasteiger partial charge on any atom is -0.467 e. The third kappa shape index (κ3) is 5.58. The highest BCUT2D eigenvalue weighted by molar-refractivity contribution is 6.30. The SMILES string of the molecule is COC(=O)C(NC(=O)C1CC(F)CN1C(=O)OC(C)(C)C)c1cccc(Cl)c1. The molecule has 1 aliphatic rings. The van der Waals surface area contributed by atoms with Gasteiger partial charge in [0, 0.05) is 11.4 Å². The number of hydrogen-bond donors (Lipinski definition) is 1. The molecule has 1 saturated heterocycles. The molecule has 1 aliphatic heterocycles. The van der Waals surface area contributed by atoms with E-state index >= 15 is 0 Å². The largest absolute Gasteiger partial charge is 0.467 e. The molecule has 1 aromatic rings. The lowest BCUT2D eigenvalue weighted by Gasteiger charge is -2.28. The predicted molar refractivity (Wildman–Crippen MR) is 101 cm³/mol. The number of rotatable bonds is 4. The molecule has 2 amide bonds. The summed E-state index contributed by atoms with van der Waals surface area (Å²) in [5.41, 5.74) is -0.381. The van der Waals surface area contributed by atoms with Crippen molar-refractivity contribution in [3.8, 4) is 0 Å². The summed E-state index contributed by atoms with van der Waals surface area (Å²) in [5, 5.41) is 2.91. The van der Waals surface area contributed by atoms with Crippen molar-refractivity contribution < 1.29 is 28.2 Å². The lowest BCUT2D eigenvalue weighted by molar-refractivity contribution is -0.145. The summed E-state index contributed by atoms with van der Waals surface area (Å²) in [6.45, 7) is 4.77. The Hall–Kier alpha value is -2.35. The molecule has 0 aromatic heterocycles. The van der Waals surface area contributed by atoms with Gasteiger partial charge in [-0.25, -0.2) is 14.0 Å². The van der Waals surface area contributed by atoms with Crippen molar-refractivity contribution >= 4 is 29.6 Å². The van der Waals surface area contributed by atoms with Crippen molar-refractivity contribution in [2.45, 2.75) is 51.0 Å². The number of nitrogens with one attached hydrogen (secondary N) is 1. The quantitative estimate of drug-likeness (QED) is 0.765. The monoisotopic (exact) mass is 414 g/mol. The topological polar surface area (TPSA) is 84.9 Å². The van der Waals surface area contributed by atoms with Gasteiger partial charge in [-0.15, -0.1) is 0 Å². The number of ether oxygens (including phenoxy) is 2. The molecule has 0 saturated carbocycles. The summed E-state index contributed by atoms with van der Waals surface area (Å²) in [5.74, 6) is -1.39. The number of benzene rings is 1. The average Bonchev–Trinajstić information content (AvgIpc) is 2.99. The van der Waals surface area contributed by atoms with Crippen LogP contribution in [-0.4, -0.2) is 54.3 Å². The number of hydrogen-bond acceptors (Lipinski definition) is 5. The van der Waals surface area contributed by atoms with Gasteiger partial charge >= 0.3 is 12.1 Å². The lowest BCUT2D eigenvalue weighted by atomic mass is 10.1. The number of amides is 2. The first kappa shape index (κ1) is 21.9. The zero-order valence-electron chi connectivity index (χ0n) is 16.2. The highest BCUT2D eigenvalue weighted by atomic mass is 35.5. The molecule has 154 valence electrons. The molecule has 1 fully saturated rings. The maximum absolute atomic E-state index is 14.0. The molecule has 9 heteroatoms. The van der Waals surface area contributed by atoms with Gasteiger partial charge in [0.1, 0.15) is 17.8 Å². The van der Waals surface area contributed by atoms with Crippen LogP contribution in [0.2, 0.25) is 5.02 Å². The Kier molecular flexibility index (Phi) is 6.87. The normalized spacial score (nSPS) is 20.4. The Bertz CT molecular complexity index is 752. The summed E-state index contributed by atoms with van der Waals surface area (Å²) in [4.78, 5) is 38.4. The molecule has 3 atom stereocenters. The van der Waals surface area contributed by atoms with Gasteiger partial charge in [0.15, 0.2) is 6.04 Å². The Morgan fingerprint density at radius 1 is 1.32 bits per heavy atom. The van der Waals surface area contributed by atoms with Gasteiger partial charge in [-0.05, 0) is 38.5 Å². The fourth-order valence-corrected chi connectivity index (χ4v) is 3.08. The molecular formula is C19H24ClFN2O5. The van der Waals surface area contributed by atoms with E-state index in [1.54, 1.807) is 39.0 Å². The number of carbonyl (C=O) groups is 3. The Morgan fingerprint density at radius 2 is 2.00 bits per heavy atom. The van der Waals surface area contributed by atoms with E-state index in [0.29, 0.717) is 10.6 Å². The maximum Gasteiger partial charge on any atom is 0.411 e. The van der Waals surface area contributed by atoms with Crippen LogP contribution in [0.3, 0.4) is 0 Å². The van der Waals surface area contributed by atoms with Crippen LogP contribution in [0.15, 0.2) is 24.3 Å². The van der Waals surface area contributed by atoms with E-state index < -0.39 is 41.8 Å². The van der Waals surface area contributed by atoms with Gasteiger partial charge in [-0.1, -0.05) is 23.7 Å². The number of halogens is 2. The van der Waals surface area contributed by atoms with Crippen LogP contribution in [0.25, 0.3) is 0 Å². The number of nitrogens with zero attached hydrogens (tertiary/aromatic N) is 1. The Morgan fingerprint density at radius 3 is 2.57 bits per heavy atom. The number of alkyl halides is 1. The fraction of sp³-hybridized carbons (Fsp3) is 0.526. The van der Waals surface area contributed by atoms with Crippen LogP contribution in [0.4, 0.5) is 9.18 Å². The third-order valence-corrected chi connectivity index (χ3v) is 4.32. The van der Waals surface area contributed by atoms with Crippen LogP contribution in [0.5, 0.6) is 0 Å². The van der Waals surface area contributed by atoms with Gasteiger partial charge in [0.05, 0.1) is 13.7 Å². The highest BCUT2D eigenvalue weighted by Gasteiger charge is 2.42. The van der Waals surface area contributed by atoms with E-state index in [2.05, 4.69) is 5.32 Å². The van der Waals surface area contributed by atoms with Crippen molar-refractivity contribution in [1.29, 1.82) is 0 Å². The summed E-state index contributed by atoms with van der Waals surface area (Å²) in [6.07, 6.45) is -2.34. The van der Waals surface area contributed by atoms with Gasteiger partial charge in [0.2, 0.25) is 5.91 Å². The van der Waals surface area contributed by atoms with Crippen LogP contribution < -0.4 is 5.32 Å². The number of carbonyl (C=O) groups excluding carboxylic acids is 3. The van der Waals surface area contributed by atoms with Crippen LogP contribution in [0.1, 0.15) is 38.8 Å². The first-order chi connectivity index (χ1) is 13.0. The Balaban J connectivity index is 2.21. The van der Waals surface area contributed by atoms with E-state index in [4.69, 9.17) is 21.1 Å². The first-order valence-corrected chi connectivity index (χ1v) is 9.17. The summed E-state index contributed by atoms with van der Waals surface area (Å²) in [7, 11) is 1.19. The van der Waals surface area contributed by atoms with Crippen molar-refractivity contribution in [2.24, 2.45) is 0 Å². The second-order valence-electron chi connectivity index (χ2n) is 7.50. The van der Waals surface area contributed by atoms with E-state index in [0.717, 1.165) is 4.90 Å². The minimum absolute atomic E-state index is 0.186. The van der Waals surface area contributed by atoms with Gasteiger partial charge in [-0.2, -0.15) is 0 Å². The summed E-state index contributed by atoms with van der Waals surface area (Å²) in [6, 6.07) is 4.12. The zero-order chi connectivity index (χ0) is 21.1. The van der Waals surface area contributed by atoms with E-state index in [1.807, 2.05) is 0 Å². The predicted octanol–water partition coefficient (Wildman–Crippen LogP) is 3.02. The van der Waals surface area contributed by atoms with Crippen molar-refractivity contribution in [3.05, 3.63) is 34.9 Å². The third-order valence-electron chi connectivity index (χ3n) is 4.09. The van der Waals surface area contributed by atoms with Gasteiger partial charge < -0.3 is 14.8 Å². The van der Waals surface area contributed by atoms with E-state index in [9.17, 15) is 18.8 Å². The van der Waals surface area contributed by atoms with Gasteiger partial charge in [0.25, 0.3) is 0 Å². The molecular weight excluding hydrogens is 391 g/mol. The molecule has 7 nitrogen and oxygen atoms in total. The number of likely N-dealkylation sites (tertiary alicyclic amines) is 1. The highest BCUT2D eigenvalue weighted by Crippen LogP contribution is 2.25. The van der Waals surface area contributed by atoms with Crippen LogP contribution >= 0.6 is 11.6 Å². The minimum atomic E-state index is -1.37. The van der Waals surface area contributed by atoms with Gasteiger partial charge in [-0.3, -0.25) is 9.69 Å². The fourth-order valence-electron chi connectivity index (χ4n) is 2.88. The van der Waals surface area contributed by atoms with Crippen molar-refractivity contribution in [1.82, 2.24) is 10.2 Å². The van der Waals surface area contributed by atoms with Crippen LogP contribution in [-0.2, 0) is 19.1 Å². The molecule has 3 unspecified atom stereocenters. The second kappa shape index (κ2) is 8.77. The number of methoxy groups -OCH3 is 1. The van der Waals surface area contributed by atoms with E-state index in [-0.39, 0.29) is 13.0 Å². The first-order valence-electron chi connectivity index (χ1n) is 8.79. The summed E-state index contributed by atoms with van der Waals surface area (Å²) >= 11 is 5.96. The molecule has 28 heavy (non-hydrogen) atoms. The molecule has 0 spiro atoms. The van der Waals surface area contributed by atoms with Crippen LogP contribution in [0, 0.1) is 0 Å².